The molecule has 1 amide bonds. The summed E-state index contributed by atoms with van der Waals surface area (Å²) in [6.07, 6.45) is 1.66. The zero-order valence-electron chi connectivity index (χ0n) is 15.8. The molecule has 0 fully saturated rings. The fourth-order valence-electron chi connectivity index (χ4n) is 2.45. The lowest BCUT2D eigenvalue weighted by Gasteiger charge is -2.09. The zero-order chi connectivity index (χ0) is 20.1. The SMILES string of the molecule is COC(=O)c1ccc(C(=O)NCc2ccc(Oc3cc(C)ccc3C)nc2)s1. The number of ether oxygens (including phenoxy) is 2. The number of rotatable bonds is 6. The van der Waals surface area contributed by atoms with E-state index in [1.54, 1.807) is 24.4 Å². The molecule has 2 aromatic heterocycles. The largest absolute Gasteiger partial charge is 0.465 e. The summed E-state index contributed by atoms with van der Waals surface area (Å²) in [5.74, 6) is 0.556. The highest BCUT2D eigenvalue weighted by molar-refractivity contribution is 7.15. The normalized spacial score (nSPS) is 10.4. The van der Waals surface area contributed by atoms with Crippen molar-refractivity contribution in [2.45, 2.75) is 20.4 Å². The molecule has 2 heterocycles. The van der Waals surface area contributed by atoms with Crippen molar-refractivity contribution in [3.8, 4) is 11.6 Å². The number of carbonyl (C=O) groups excluding carboxylic acids is 2. The second kappa shape index (κ2) is 8.67. The van der Waals surface area contributed by atoms with Crippen molar-refractivity contribution in [2.24, 2.45) is 0 Å². The van der Waals surface area contributed by atoms with E-state index in [2.05, 4.69) is 15.0 Å². The molecule has 0 unspecified atom stereocenters. The number of esters is 1. The van der Waals surface area contributed by atoms with Crippen molar-refractivity contribution < 1.29 is 19.1 Å². The van der Waals surface area contributed by atoms with Gasteiger partial charge in [-0.2, -0.15) is 0 Å². The number of pyridine rings is 1. The minimum Gasteiger partial charge on any atom is -0.465 e. The Bertz CT molecular complexity index is 996. The van der Waals surface area contributed by atoms with Crippen LogP contribution in [0.3, 0.4) is 0 Å². The molecule has 6 nitrogen and oxygen atoms in total. The first-order valence-corrected chi connectivity index (χ1v) is 9.44. The van der Waals surface area contributed by atoms with Gasteiger partial charge in [-0.25, -0.2) is 9.78 Å². The van der Waals surface area contributed by atoms with Gasteiger partial charge in [-0.3, -0.25) is 4.79 Å². The van der Waals surface area contributed by atoms with Crippen LogP contribution in [0.15, 0.2) is 48.7 Å². The van der Waals surface area contributed by atoms with E-state index in [4.69, 9.17) is 4.74 Å². The molecule has 1 N–H and O–H groups in total. The lowest BCUT2D eigenvalue weighted by atomic mass is 10.1. The molecule has 1 aromatic carbocycles. The topological polar surface area (TPSA) is 77.5 Å². The summed E-state index contributed by atoms with van der Waals surface area (Å²) < 4.78 is 10.5. The molecule has 0 aliphatic rings. The highest BCUT2D eigenvalue weighted by atomic mass is 32.1. The first kappa shape index (κ1) is 19.6. The van der Waals surface area contributed by atoms with Gasteiger partial charge in [0.15, 0.2) is 0 Å². The molecule has 0 saturated carbocycles. The quantitative estimate of drug-likeness (QED) is 0.630. The van der Waals surface area contributed by atoms with Gasteiger partial charge in [-0.15, -0.1) is 11.3 Å². The molecule has 0 aliphatic heterocycles. The van der Waals surface area contributed by atoms with Gasteiger partial charge >= 0.3 is 5.97 Å². The van der Waals surface area contributed by atoms with E-state index in [1.165, 1.54) is 7.11 Å². The van der Waals surface area contributed by atoms with Crippen LogP contribution in [0.25, 0.3) is 0 Å². The Morgan fingerprint density at radius 3 is 2.57 bits per heavy atom. The fourth-order valence-corrected chi connectivity index (χ4v) is 3.29. The van der Waals surface area contributed by atoms with Crippen LogP contribution in [0.5, 0.6) is 11.6 Å². The fraction of sp³-hybridized carbons (Fsp3) is 0.190. The van der Waals surface area contributed by atoms with Gasteiger partial charge < -0.3 is 14.8 Å². The average molecular weight is 396 g/mol. The van der Waals surface area contributed by atoms with Crippen LogP contribution in [0.2, 0.25) is 0 Å². The Labute approximate surface area is 167 Å². The van der Waals surface area contributed by atoms with Crippen molar-refractivity contribution in [1.82, 2.24) is 10.3 Å². The first-order chi connectivity index (χ1) is 13.5. The molecular weight excluding hydrogens is 376 g/mol. The Morgan fingerprint density at radius 1 is 1.07 bits per heavy atom. The molecule has 0 spiro atoms. The molecule has 3 aromatic rings. The minimum atomic E-state index is -0.451. The number of carbonyl (C=O) groups is 2. The number of aromatic nitrogens is 1. The molecule has 0 aliphatic carbocycles. The Hall–Kier alpha value is -3.19. The second-order valence-corrected chi connectivity index (χ2v) is 7.30. The molecule has 3 rings (SSSR count). The first-order valence-electron chi connectivity index (χ1n) is 8.62. The van der Waals surface area contributed by atoms with E-state index < -0.39 is 5.97 Å². The predicted octanol–water partition coefficient (Wildman–Crippen LogP) is 4.27. The van der Waals surface area contributed by atoms with Gasteiger partial charge in [0.05, 0.1) is 12.0 Å². The highest BCUT2D eigenvalue weighted by Gasteiger charge is 2.14. The van der Waals surface area contributed by atoms with E-state index >= 15 is 0 Å². The van der Waals surface area contributed by atoms with Crippen molar-refractivity contribution in [3.05, 3.63) is 75.1 Å². The molecule has 0 radical (unpaired) electrons. The van der Waals surface area contributed by atoms with Gasteiger partial charge in [0.1, 0.15) is 10.6 Å². The van der Waals surface area contributed by atoms with Crippen LogP contribution in [0.1, 0.15) is 36.0 Å². The van der Waals surface area contributed by atoms with Crippen LogP contribution >= 0.6 is 11.3 Å². The maximum Gasteiger partial charge on any atom is 0.348 e. The maximum atomic E-state index is 12.2. The maximum absolute atomic E-state index is 12.2. The van der Waals surface area contributed by atoms with E-state index in [1.807, 2.05) is 38.1 Å². The van der Waals surface area contributed by atoms with Gasteiger partial charge in [0, 0.05) is 18.8 Å². The summed E-state index contributed by atoms with van der Waals surface area (Å²) in [4.78, 5) is 28.8. The molecule has 0 bridgehead atoms. The number of aryl methyl sites for hydroxylation is 2. The van der Waals surface area contributed by atoms with E-state index in [-0.39, 0.29) is 5.91 Å². The van der Waals surface area contributed by atoms with Gasteiger partial charge in [0.2, 0.25) is 5.88 Å². The number of benzene rings is 1. The smallest absolute Gasteiger partial charge is 0.348 e. The van der Waals surface area contributed by atoms with Crippen LogP contribution in [0, 0.1) is 13.8 Å². The number of hydrogen-bond acceptors (Lipinski definition) is 6. The van der Waals surface area contributed by atoms with Crippen molar-refractivity contribution in [2.75, 3.05) is 7.11 Å². The molecule has 7 heteroatoms. The Kier molecular flexibility index (Phi) is 6.06. The number of nitrogens with one attached hydrogen (secondary N) is 1. The van der Waals surface area contributed by atoms with E-state index in [9.17, 15) is 9.59 Å². The summed E-state index contributed by atoms with van der Waals surface area (Å²) >= 11 is 1.09. The molecule has 144 valence electrons. The van der Waals surface area contributed by atoms with E-state index in [0.717, 1.165) is 33.8 Å². The molecular formula is C21H20N2O4S. The molecule has 28 heavy (non-hydrogen) atoms. The standard InChI is InChI=1S/C21H20N2O4S/c1-13-4-5-14(2)16(10-13)27-19-9-6-15(11-22-19)12-23-20(24)17-7-8-18(28-17)21(25)26-3/h4-11H,12H2,1-3H3,(H,23,24). The van der Waals surface area contributed by atoms with Crippen LogP contribution in [0.4, 0.5) is 0 Å². The molecule has 0 atom stereocenters. The van der Waals surface area contributed by atoms with Crippen LogP contribution < -0.4 is 10.1 Å². The Balaban J connectivity index is 1.58. The lowest BCUT2D eigenvalue weighted by Crippen LogP contribution is -2.21. The summed E-state index contributed by atoms with van der Waals surface area (Å²) in [6, 6.07) is 12.8. The predicted molar refractivity (Wildman–Crippen MR) is 107 cm³/mol. The number of hydrogen-bond donors (Lipinski definition) is 1. The number of amides is 1. The summed E-state index contributed by atoms with van der Waals surface area (Å²) in [5, 5.41) is 2.81. The second-order valence-electron chi connectivity index (χ2n) is 6.21. The number of methoxy groups -OCH3 is 1. The van der Waals surface area contributed by atoms with Crippen molar-refractivity contribution in [3.63, 3.8) is 0 Å². The number of thiophene rings is 1. The Morgan fingerprint density at radius 2 is 1.86 bits per heavy atom. The summed E-state index contributed by atoms with van der Waals surface area (Å²) in [7, 11) is 1.31. The minimum absolute atomic E-state index is 0.254. The van der Waals surface area contributed by atoms with Crippen LogP contribution in [-0.2, 0) is 11.3 Å². The number of nitrogens with zero attached hydrogens (tertiary/aromatic N) is 1. The van der Waals surface area contributed by atoms with Crippen molar-refractivity contribution >= 4 is 23.2 Å². The summed E-state index contributed by atoms with van der Waals surface area (Å²) in [5.41, 5.74) is 2.99. The van der Waals surface area contributed by atoms with Crippen molar-refractivity contribution in [1.29, 1.82) is 0 Å². The third kappa shape index (κ3) is 4.75. The summed E-state index contributed by atoms with van der Waals surface area (Å²) in [6.45, 7) is 4.31. The van der Waals surface area contributed by atoms with Crippen LogP contribution in [-0.4, -0.2) is 24.0 Å². The third-order valence-electron chi connectivity index (χ3n) is 4.03. The van der Waals surface area contributed by atoms with Gasteiger partial charge in [-0.1, -0.05) is 18.2 Å². The average Bonchev–Trinajstić information content (AvgIpc) is 3.20. The van der Waals surface area contributed by atoms with Gasteiger partial charge in [-0.05, 0) is 48.7 Å². The van der Waals surface area contributed by atoms with E-state index in [0.29, 0.717) is 22.2 Å². The van der Waals surface area contributed by atoms with Gasteiger partial charge in [0.25, 0.3) is 5.91 Å². The molecule has 0 saturated heterocycles. The highest BCUT2D eigenvalue weighted by Crippen LogP contribution is 2.24. The lowest BCUT2D eigenvalue weighted by molar-refractivity contribution is 0.0606. The monoisotopic (exact) mass is 396 g/mol. The third-order valence-corrected chi connectivity index (χ3v) is 5.09. The zero-order valence-corrected chi connectivity index (χ0v) is 16.6.